The minimum Gasteiger partial charge on any atom is -0.0533 e. The SMILES string of the molecule is C1CCCCC1.C1CCCCCCCC2(CCCCCCC1)CCCCC2.C1CCCCCCCCCCCCC1.C1CCCCCCCCCCCCCCC1.C1CCCCCCCCCCCCCCCCCCCCC1.C1CCCCCCCCCCCCCCCCCCCCCCCCCCCCC1. The molecule has 1 spiro atoms. The summed E-state index contributed by atoms with van der Waals surface area (Å²) >= 11 is 0. The summed E-state index contributed by atoms with van der Waals surface area (Å²) in [4.78, 5) is 0. The van der Waals surface area contributed by atoms with Crippen LogP contribution in [-0.2, 0) is 0 Å². The van der Waals surface area contributed by atoms with Crippen LogP contribution in [0, 0.1) is 5.41 Å². The Labute approximate surface area is 694 Å². The lowest BCUT2D eigenvalue weighted by atomic mass is 9.68. The second-order valence-electron chi connectivity index (χ2n) is 39.3. The third-order valence-electron chi connectivity index (χ3n) is 28.3. The molecule has 7 rings (SSSR count). The summed E-state index contributed by atoms with van der Waals surface area (Å²) in [5.41, 5.74) is 0.787. The fourth-order valence-electron chi connectivity index (χ4n) is 20.4. The van der Waals surface area contributed by atoms with Crippen molar-refractivity contribution in [3.63, 3.8) is 0 Å². The molecular formula is C109H216. The van der Waals surface area contributed by atoms with Gasteiger partial charge in [-0.15, -0.1) is 0 Å². The second-order valence-corrected chi connectivity index (χ2v) is 39.3. The summed E-state index contributed by atoms with van der Waals surface area (Å²) in [6.07, 6.45) is 162. The number of rotatable bonds is 0. The normalized spacial score (nSPS) is 24.7. The molecule has 0 nitrogen and oxygen atoms in total. The van der Waals surface area contributed by atoms with Crippen LogP contribution in [0.1, 0.15) is 693 Å². The molecule has 7 aliphatic rings. The van der Waals surface area contributed by atoms with Gasteiger partial charge in [0.05, 0.1) is 0 Å². The molecule has 0 aromatic heterocycles. The molecule has 0 radical (unpaired) electrons. The predicted octanol–water partition coefficient (Wildman–Crippen LogP) is 42.1. The highest BCUT2D eigenvalue weighted by Crippen LogP contribution is 2.45. The standard InChI is InChI=1S/C30H60.C22H44.C21H40.C16H32.C14H28.C6H12/c1-2-4-6-8-10-12-14-16-18-20-22-24-26-28-30-29-27-25-23-21-19-17-15-13-11-9-7-5-3-1;1-2-4-6-8-10-12-14-16-18-20-22-21-19-17-15-13-11-9-7-5-3-1;1-2-4-6-8-10-13-17-21(19-15-12-16-20-21)18-14-11-9-7-5-3-1;1-2-4-6-8-10-12-14-16-15-13-11-9-7-5-3-1;1-2-4-6-8-10-12-14-13-11-9-7-5-3-1;1-2-4-6-5-3-1/h1-30H2;1-22H2;1-20H2;1-16H2;1-14H2;1-6H2. The van der Waals surface area contributed by atoms with Gasteiger partial charge in [0.25, 0.3) is 0 Å². The maximum Gasteiger partial charge on any atom is -0.0297 e. The van der Waals surface area contributed by atoms with Crippen LogP contribution in [0.3, 0.4) is 0 Å². The Morgan fingerprint density at radius 3 is 0.138 bits per heavy atom. The molecule has 109 heavy (non-hydrogen) atoms. The first-order chi connectivity index (χ1) is 54.4. The van der Waals surface area contributed by atoms with Crippen LogP contribution in [-0.4, -0.2) is 0 Å². The third-order valence-corrected chi connectivity index (χ3v) is 28.3. The zero-order chi connectivity index (χ0) is 76.9. The molecule has 0 aromatic carbocycles. The Morgan fingerprint density at radius 1 is 0.0459 bits per heavy atom. The van der Waals surface area contributed by atoms with E-state index in [1.54, 1.807) is 25.7 Å². The maximum absolute atomic E-state index is 1.56. The number of hydrogen-bond donors (Lipinski definition) is 0. The van der Waals surface area contributed by atoms with Crippen LogP contribution >= 0.6 is 0 Å². The fourth-order valence-corrected chi connectivity index (χ4v) is 20.4. The van der Waals surface area contributed by atoms with Crippen molar-refractivity contribution in [3.05, 3.63) is 0 Å². The van der Waals surface area contributed by atoms with E-state index in [0.29, 0.717) is 0 Å². The van der Waals surface area contributed by atoms with Crippen molar-refractivity contribution in [3.8, 4) is 0 Å². The van der Waals surface area contributed by atoms with Crippen LogP contribution in [0.15, 0.2) is 0 Å². The average molecular weight is 1530 g/mol. The highest BCUT2D eigenvalue weighted by Gasteiger charge is 2.30. The molecule has 7 aliphatic carbocycles. The Bertz CT molecular complexity index is 1150. The molecule has 0 aromatic rings. The molecule has 0 amide bonds. The lowest BCUT2D eigenvalue weighted by Crippen LogP contribution is -2.24. The van der Waals surface area contributed by atoms with E-state index in [9.17, 15) is 0 Å². The van der Waals surface area contributed by atoms with E-state index < -0.39 is 0 Å². The first kappa shape index (κ1) is 105. The van der Waals surface area contributed by atoms with E-state index in [4.69, 9.17) is 0 Å². The van der Waals surface area contributed by atoms with Gasteiger partial charge in [-0.05, 0) is 31.1 Å². The Kier molecular flexibility index (Phi) is 91.7. The molecule has 0 unspecified atom stereocenters. The molecule has 0 saturated heterocycles. The van der Waals surface area contributed by atoms with Crippen molar-refractivity contribution in [2.45, 2.75) is 693 Å². The molecule has 0 atom stereocenters. The Morgan fingerprint density at radius 2 is 0.0826 bits per heavy atom. The summed E-state index contributed by atoms with van der Waals surface area (Å²) in [5, 5.41) is 0. The fraction of sp³-hybridized carbons (Fsp3) is 1.00. The smallest absolute Gasteiger partial charge is 0.0297 e. The summed E-state index contributed by atoms with van der Waals surface area (Å²) in [5.74, 6) is 0. The largest absolute Gasteiger partial charge is 0.0533 e. The highest BCUT2D eigenvalue weighted by molar-refractivity contribution is 4.83. The van der Waals surface area contributed by atoms with Crippen LogP contribution in [0.5, 0.6) is 0 Å². The van der Waals surface area contributed by atoms with Gasteiger partial charge in [0, 0.05) is 0 Å². The van der Waals surface area contributed by atoms with Crippen LogP contribution in [0.4, 0.5) is 0 Å². The van der Waals surface area contributed by atoms with Gasteiger partial charge < -0.3 is 0 Å². The van der Waals surface area contributed by atoms with E-state index in [2.05, 4.69) is 0 Å². The molecule has 0 N–H and O–H groups in total. The lowest BCUT2D eigenvalue weighted by molar-refractivity contribution is 0.146. The molecule has 0 bridgehead atoms. The number of hydrogen-bond acceptors (Lipinski definition) is 0. The van der Waals surface area contributed by atoms with E-state index in [1.165, 1.54) is 668 Å². The first-order valence-electron chi connectivity index (χ1n) is 54.4. The molecule has 0 heterocycles. The summed E-state index contributed by atoms with van der Waals surface area (Å²) in [6, 6.07) is 0. The van der Waals surface area contributed by atoms with Crippen molar-refractivity contribution in [2.24, 2.45) is 5.41 Å². The lowest BCUT2D eigenvalue weighted by Gasteiger charge is -2.38. The van der Waals surface area contributed by atoms with Gasteiger partial charge in [-0.2, -0.15) is 0 Å². The van der Waals surface area contributed by atoms with Crippen LogP contribution < -0.4 is 0 Å². The van der Waals surface area contributed by atoms with Gasteiger partial charge in [0.15, 0.2) is 0 Å². The topological polar surface area (TPSA) is 0 Å². The van der Waals surface area contributed by atoms with Crippen molar-refractivity contribution >= 4 is 0 Å². The minimum absolute atomic E-state index is 0.787. The van der Waals surface area contributed by atoms with Gasteiger partial charge >= 0.3 is 0 Å². The van der Waals surface area contributed by atoms with Gasteiger partial charge in [-0.3, -0.25) is 0 Å². The van der Waals surface area contributed by atoms with Crippen molar-refractivity contribution in [1.29, 1.82) is 0 Å². The summed E-state index contributed by atoms with van der Waals surface area (Å²) in [6.45, 7) is 0. The summed E-state index contributed by atoms with van der Waals surface area (Å²) < 4.78 is 0. The van der Waals surface area contributed by atoms with Crippen LogP contribution in [0.25, 0.3) is 0 Å². The monoisotopic (exact) mass is 1530 g/mol. The second kappa shape index (κ2) is 95.1. The average Bonchev–Trinajstić information content (AvgIpc) is 0.855. The van der Waals surface area contributed by atoms with E-state index in [-0.39, 0.29) is 0 Å². The third kappa shape index (κ3) is 87.2. The predicted molar refractivity (Wildman–Crippen MR) is 501 cm³/mol. The van der Waals surface area contributed by atoms with E-state index >= 15 is 0 Å². The van der Waals surface area contributed by atoms with E-state index in [1.807, 2.05) is 0 Å². The Hall–Kier alpha value is 0. The first-order valence-corrected chi connectivity index (χ1v) is 54.4. The maximum atomic E-state index is 1.56. The molecule has 7 saturated carbocycles. The van der Waals surface area contributed by atoms with Crippen LogP contribution in [0.2, 0.25) is 0 Å². The molecule has 0 aliphatic heterocycles. The summed E-state index contributed by atoms with van der Waals surface area (Å²) in [7, 11) is 0. The van der Waals surface area contributed by atoms with E-state index in [0.717, 1.165) is 5.41 Å². The Balaban J connectivity index is 0.000000462. The van der Waals surface area contributed by atoms with Crippen molar-refractivity contribution < 1.29 is 0 Å². The van der Waals surface area contributed by atoms with Crippen molar-refractivity contribution in [1.82, 2.24) is 0 Å². The molecule has 7 fully saturated rings. The molecule has 0 heteroatoms. The van der Waals surface area contributed by atoms with Gasteiger partial charge in [0.2, 0.25) is 0 Å². The van der Waals surface area contributed by atoms with Gasteiger partial charge in [0.1, 0.15) is 0 Å². The van der Waals surface area contributed by atoms with Gasteiger partial charge in [-0.25, -0.2) is 0 Å². The zero-order valence-electron chi connectivity index (χ0n) is 76.9. The quantitative estimate of drug-likeness (QED) is 0.227. The van der Waals surface area contributed by atoms with Gasteiger partial charge in [-0.1, -0.05) is 668 Å². The van der Waals surface area contributed by atoms with Crippen molar-refractivity contribution in [2.75, 3.05) is 0 Å². The molecule has 652 valence electrons. The zero-order valence-corrected chi connectivity index (χ0v) is 76.9. The minimum atomic E-state index is 0.787. The highest BCUT2D eigenvalue weighted by atomic mass is 14.4. The molecular weight excluding hydrogens is 1310 g/mol.